The third-order valence-corrected chi connectivity index (χ3v) is 2.91. The van der Waals surface area contributed by atoms with Crippen LogP contribution < -0.4 is 0 Å². The number of nitrogens with zero attached hydrogens (tertiary/aromatic N) is 2. The Hall–Kier alpha value is -1.88. The van der Waals surface area contributed by atoms with Gasteiger partial charge in [0.2, 0.25) is 0 Å². The van der Waals surface area contributed by atoms with Crippen molar-refractivity contribution in [3.63, 3.8) is 0 Å². The standard InChI is InChI=1S/C14H14F2N2O/c1-3-13-11(6-8(2)17-18-13)14(19)10-7-9(15)4-5-12(10)16/h4-7,14,19H,3H2,1-2H3. The number of halogens is 2. The van der Waals surface area contributed by atoms with Gasteiger partial charge in [0.15, 0.2) is 0 Å². The van der Waals surface area contributed by atoms with E-state index in [1.54, 1.807) is 13.0 Å². The summed E-state index contributed by atoms with van der Waals surface area (Å²) in [6.45, 7) is 3.59. The SMILES string of the molecule is CCc1nnc(C)cc1C(O)c1cc(F)ccc1F. The van der Waals surface area contributed by atoms with Gasteiger partial charge in [0, 0.05) is 11.1 Å². The molecular formula is C14H14F2N2O. The summed E-state index contributed by atoms with van der Waals surface area (Å²) in [6, 6.07) is 4.65. The molecule has 0 fully saturated rings. The molecule has 1 heterocycles. The number of aliphatic hydroxyl groups is 1. The van der Waals surface area contributed by atoms with Crippen LogP contribution in [0.3, 0.4) is 0 Å². The Bertz CT molecular complexity index is 602. The van der Waals surface area contributed by atoms with Crippen molar-refractivity contribution in [1.29, 1.82) is 0 Å². The molecule has 1 atom stereocenters. The molecule has 0 saturated carbocycles. The molecule has 2 aromatic rings. The normalized spacial score (nSPS) is 12.5. The molecule has 1 unspecified atom stereocenters. The van der Waals surface area contributed by atoms with Gasteiger partial charge in [-0.1, -0.05) is 6.92 Å². The molecule has 100 valence electrons. The lowest BCUT2D eigenvalue weighted by Gasteiger charge is -2.15. The lowest BCUT2D eigenvalue weighted by Crippen LogP contribution is -2.09. The second kappa shape index (κ2) is 5.40. The van der Waals surface area contributed by atoms with E-state index < -0.39 is 17.7 Å². The second-order valence-electron chi connectivity index (χ2n) is 4.31. The first-order valence-corrected chi connectivity index (χ1v) is 5.99. The molecule has 1 N–H and O–H groups in total. The first-order valence-electron chi connectivity index (χ1n) is 5.99. The van der Waals surface area contributed by atoms with Crippen molar-refractivity contribution in [2.24, 2.45) is 0 Å². The summed E-state index contributed by atoms with van der Waals surface area (Å²) < 4.78 is 26.9. The van der Waals surface area contributed by atoms with E-state index in [0.29, 0.717) is 23.4 Å². The van der Waals surface area contributed by atoms with Crippen LogP contribution in [0.1, 0.15) is 35.5 Å². The van der Waals surface area contributed by atoms with Gasteiger partial charge in [0.05, 0.1) is 11.4 Å². The number of aryl methyl sites for hydroxylation is 2. The van der Waals surface area contributed by atoms with Crippen molar-refractivity contribution in [3.8, 4) is 0 Å². The summed E-state index contributed by atoms with van der Waals surface area (Å²) in [5.74, 6) is -1.24. The molecular weight excluding hydrogens is 250 g/mol. The smallest absolute Gasteiger partial charge is 0.129 e. The number of aliphatic hydroxyl groups excluding tert-OH is 1. The van der Waals surface area contributed by atoms with E-state index >= 15 is 0 Å². The maximum atomic E-state index is 13.7. The molecule has 19 heavy (non-hydrogen) atoms. The molecule has 0 radical (unpaired) electrons. The van der Waals surface area contributed by atoms with Crippen LogP contribution in [-0.2, 0) is 6.42 Å². The van der Waals surface area contributed by atoms with E-state index in [9.17, 15) is 13.9 Å². The van der Waals surface area contributed by atoms with Gasteiger partial charge in [-0.05, 0) is 37.6 Å². The van der Waals surface area contributed by atoms with Crippen LogP contribution in [0.4, 0.5) is 8.78 Å². The van der Waals surface area contributed by atoms with Crippen molar-refractivity contribution in [2.45, 2.75) is 26.4 Å². The van der Waals surface area contributed by atoms with Crippen LogP contribution in [0.5, 0.6) is 0 Å². The van der Waals surface area contributed by atoms with Gasteiger partial charge in [0.1, 0.15) is 17.7 Å². The summed E-state index contributed by atoms with van der Waals surface area (Å²) >= 11 is 0. The molecule has 2 rings (SSSR count). The Labute approximate surface area is 109 Å². The lowest BCUT2D eigenvalue weighted by atomic mass is 9.98. The minimum atomic E-state index is -1.25. The van der Waals surface area contributed by atoms with Crippen molar-refractivity contribution in [1.82, 2.24) is 10.2 Å². The van der Waals surface area contributed by atoms with Crippen molar-refractivity contribution in [2.75, 3.05) is 0 Å². The van der Waals surface area contributed by atoms with Gasteiger partial charge < -0.3 is 5.11 Å². The molecule has 0 saturated heterocycles. The molecule has 5 heteroatoms. The molecule has 0 bridgehead atoms. The fraction of sp³-hybridized carbons (Fsp3) is 0.286. The highest BCUT2D eigenvalue weighted by Crippen LogP contribution is 2.27. The monoisotopic (exact) mass is 264 g/mol. The van der Waals surface area contributed by atoms with E-state index in [1.807, 2.05) is 6.92 Å². The van der Waals surface area contributed by atoms with Gasteiger partial charge in [-0.25, -0.2) is 8.78 Å². The summed E-state index contributed by atoms with van der Waals surface area (Å²) in [7, 11) is 0. The lowest BCUT2D eigenvalue weighted by molar-refractivity contribution is 0.212. The van der Waals surface area contributed by atoms with Crippen LogP contribution >= 0.6 is 0 Å². The second-order valence-corrected chi connectivity index (χ2v) is 4.31. The number of aromatic nitrogens is 2. The van der Waals surface area contributed by atoms with E-state index in [1.165, 1.54) is 0 Å². The number of hydrogen-bond donors (Lipinski definition) is 1. The highest BCUT2D eigenvalue weighted by atomic mass is 19.1. The summed E-state index contributed by atoms with van der Waals surface area (Å²) in [5.41, 5.74) is 1.55. The van der Waals surface area contributed by atoms with Crippen LogP contribution in [0.2, 0.25) is 0 Å². The molecule has 1 aromatic carbocycles. The summed E-state index contributed by atoms with van der Waals surface area (Å²) in [5, 5.41) is 18.1. The Kier molecular flexibility index (Phi) is 3.85. The Balaban J connectivity index is 2.51. The zero-order valence-corrected chi connectivity index (χ0v) is 10.7. The van der Waals surface area contributed by atoms with Gasteiger partial charge in [-0.3, -0.25) is 0 Å². The minimum absolute atomic E-state index is 0.0953. The first-order chi connectivity index (χ1) is 9.02. The number of benzene rings is 1. The topological polar surface area (TPSA) is 46.0 Å². The summed E-state index contributed by atoms with van der Waals surface area (Å²) in [6.07, 6.45) is -0.698. The van der Waals surface area contributed by atoms with Crippen molar-refractivity contribution < 1.29 is 13.9 Å². The van der Waals surface area contributed by atoms with E-state index in [0.717, 1.165) is 18.2 Å². The van der Waals surface area contributed by atoms with Crippen molar-refractivity contribution >= 4 is 0 Å². The highest BCUT2D eigenvalue weighted by Gasteiger charge is 2.19. The summed E-state index contributed by atoms with van der Waals surface area (Å²) in [4.78, 5) is 0. The van der Waals surface area contributed by atoms with Crippen molar-refractivity contribution in [3.05, 3.63) is 58.4 Å². The number of rotatable bonds is 3. The van der Waals surface area contributed by atoms with Gasteiger partial charge in [0.25, 0.3) is 0 Å². The molecule has 3 nitrogen and oxygen atoms in total. The maximum absolute atomic E-state index is 13.7. The predicted molar refractivity (Wildman–Crippen MR) is 66.6 cm³/mol. The van der Waals surface area contributed by atoms with Crippen LogP contribution in [-0.4, -0.2) is 15.3 Å². The Morgan fingerprint density at radius 2 is 1.89 bits per heavy atom. The molecule has 0 amide bonds. The first kappa shape index (κ1) is 13.5. The predicted octanol–water partition coefficient (Wildman–Crippen LogP) is 2.71. The Morgan fingerprint density at radius 1 is 1.16 bits per heavy atom. The third-order valence-electron chi connectivity index (χ3n) is 2.91. The maximum Gasteiger partial charge on any atom is 0.129 e. The molecule has 0 aliphatic carbocycles. The van der Waals surface area contributed by atoms with E-state index in [2.05, 4.69) is 10.2 Å². The van der Waals surface area contributed by atoms with Gasteiger partial charge >= 0.3 is 0 Å². The zero-order chi connectivity index (χ0) is 14.0. The van der Waals surface area contributed by atoms with Gasteiger partial charge in [-0.15, -0.1) is 0 Å². The fourth-order valence-electron chi connectivity index (χ4n) is 1.94. The molecule has 1 aromatic heterocycles. The minimum Gasteiger partial charge on any atom is -0.383 e. The van der Waals surface area contributed by atoms with Crippen LogP contribution in [0.25, 0.3) is 0 Å². The average molecular weight is 264 g/mol. The molecule has 0 spiro atoms. The van der Waals surface area contributed by atoms with E-state index in [4.69, 9.17) is 0 Å². The fourth-order valence-corrected chi connectivity index (χ4v) is 1.94. The third kappa shape index (κ3) is 2.76. The zero-order valence-electron chi connectivity index (χ0n) is 10.7. The van der Waals surface area contributed by atoms with E-state index in [-0.39, 0.29) is 5.56 Å². The van der Waals surface area contributed by atoms with Crippen LogP contribution in [0.15, 0.2) is 24.3 Å². The quantitative estimate of drug-likeness (QED) is 0.927. The highest BCUT2D eigenvalue weighted by molar-refractivity contribution is 5.34. The molecule has 0 aliphatic heterocycles. The Morgan fingerprint density at radius 3 is 2.58 bits per heavy atom. The van der Waals surface area contributed by atoms with Crippen LogP contribution in [0, 0.1) is 18.6 Å². The van der Waals surface area contributed by atoms with Gasteiger partial charge in [-0.2, -0.15) is 10.2 Å². The molecule has 0 aliphatic rings. The number of hydrogen-bond acceptors (Lipinski definition) is 3. The average Bonchev–Trinajstić information content (AvgIpc) is 2.40. The largest absolute Gasteiger partial charge is 0.383 e.